The zero-order chi connectivity index (χ0) is 19.7. The summed E-state index contributed by atoms with van der Waals surface area (Å²) in [6.07, 6.45) is 5.52. The van der Waals surface area contributed by atoms with Gasteiger partial charge < -0.3 is 15.5 Å². The number of pyridine rings is 1. The zero-order valence-electron chi connectivity index (χ0n) is 16.4. The summed E-state index contributed by atoms with van der Waals surface area (Å²) in [5, 5.41) is 6.02. The first-order chi connectivity index (χ1) is 13.5. The van der Waals surface area contributed by atoms with Gasteiger partial charge in [-0.1, -0.05) is 0 Å². The normalized spacial score (nSPS) is 17.5. The number of hydrogen-bond donors (Lipinski definition) is 2. The molecule has 1 aromatic carbocycles. The number of amides is 3. The molecule has 3 amide bonds. The standard InChI is InChI=1S/C22H26N4O2/c1-14-9-10-23-18(12-14)21(16-5-6-16)25-22(28)24-17-7-8-19(15(2)13-17)26-11-3-4-20(26)27/h7-10,12-13,16,21H,3-6,11H2,1-2H3,(H2,24,25,28). The molecular formula is C22H26N4O2. The van der Waals surface area contributed by atoms with E-state index in [0.717, 1.165) is 54.0 Å². The molecule has 4 rings (SSSR count). The monoisotopic (exact) mass is 378 g/mol. The average molecular weight is 378 g/mol. The lowest BCUT2D eigenvalue weighted by Crippen LogP contribution is -2.34. The molecular weight excluding hydrogens is 352 g/mol. The van der Waals surface area contributed by atoms with Crippen molar-refractivity contribution in [1.29, 1.82) is 0 Å². The van der Waals surface area contributed by atoms with E-state index in [-0.39, 0.29) is 18.0 Å². The molecule has 146 valence electrons. The molecule has 2 fully saturated rings. The van der Waals surface area contributed by atoms with Crippen molar-refractivity contribution in [1.82, 2.24) is 10.3 Å². The maximum absolute atomic E-state index is 12.6. The van der Waals surface area contributed by atoms with E-state index < -0.39 is 0 Å². The third kappa shape index (κ3) is 4.01. The van der Waals surface area contributed by atoms with E-state index in [9.17, 15) is 9.59 Å². The molecule has 1 saturated carbocycles. The fourth-order valence-electron chi connectivity index (χ4n) is 3.84. The smallest absolute Gasteiger partial charge is 0.319 e. The second kappa shape index (κ2) is 7.62. The lowest BCUT2D eigenvalue weighted by molar-refractivity contribution is -0.117. The van der Waals surface area contributed by atoms with Gasteiger partial charge in [0, 0.05) is 30.5 Å². The highest BCUT2D eigenvalue weighted by Crippen LogP contribution is 2.40. The van der Waals surface area contributed by atoms with E-state index in [1.165, 1.54) is 0 Å². The van der Waals surface area contributed by atoms with Crippen LogP contribution < -0.4 is 15.5 Å². The molecule has 1 atom stereocenters. The zero-order valence-corrected chi connectivity index (χ0v) is 16.4. The summed E-state index contributed by atoms with van der Waals surface area (Å²) in [7, 11) is 0. The maximum Gasteiger partial charge on any atom is 0.319 e. The number of carbonyl (C=O) groups is 2. The first-order valence-electron chi connectivity index (χ1n) is 9.92. The quantitative estimate of drug-likeness (QED) is 0.823. The number of aryl methyl sites for hydroxylation is 2. The van der Waals surface area contributed by atoms with Crippen LogP contribution in [0, 0.1) is 19.8 Å². The van der Waals surface area contributed by atoms with Crippen LogP contribution in [0.25, 0.3) is 0 Å². The number of anilines is 2. The summed E-state index contributed by atoms with van der Waals surface area (Å²) < 4.78 is 0. The van der Waals surface area contributed by atoms with Crippen LogP contribution in [0.1, 0.15) is 48.5 Å². The van der Waals surface area contributed by atoms with Gasteiger partial charge in [0.25, 0.3) is 0 Å². The number of benzene rings is 1. The van der Waals surface area contributed by atoms with Gasteiger partial charge in [-0.3, -0.25) is 9.78 Å². The van der Waals surface area contributed by atoms with Gasteiger partial charge in [-0.25, -0.2) is 4.79 Å². The van der Waals surface area contributed by atoms with Crippen molar-refractivity contribution >= 4 is 23.3 Å². The highest BCUT2D eigenvalue weighted by atomic mass is 16.2. The molecule has 28 heavy (non-hydrogen) atoms. The van der Waals surface area contributed by atoms with Crippen LogP contribution in [0.5, 0.6) is 0 Å². The number of nitrogens with zero attached hydrogens (tertiary/aromatic N) is 2. The molecule has 0 spiro atoms. The molecule has 1 saturated heterocycles. The van der Waals surface area contributed by atoms with E-state index >= 15 is 0 Å². The van der Waals surface area contributed by atoms with E-state index in [4.69, 9.17) is 0 Å². The Morgan fingerprint density at radius 2 is 2.04 bits per heavy atom. The van der Waals surface area contributed by atoms with Gasteiger partial charge in [0.1, 0.15) is 0 Å². The van der Waals surface area contributed by atoms with E-state index in [2.05, 4.69) is 15.6 Å². The molecule has 0 bridgehead atoms. The van der Waals surface area contributed by atoms with Crippen LogP contribution in [0.15, 0.2) is 36.5 Å². The maximum atomic E-state index is 12.6. The first-order valence-corrected chi connectivity index (χ1v) is 9.92. The Labute approximate surface area is 165 Å². The van der Waals surface area contributed by atoms with E-state index in [1.54, 1.807) is 6.20 Å². The van der Waals surface area contributed by atoms with Crippen molar-refractivity contribution in [2.24, 2.45) is 5.92 Å². The molecule has 2 aromatic rings. The van der Waals surface area contributed by atoms with Gasteiger partial charge in [0.15, 0.2) is 0 Å². The molecule has 6 nitrogen and oxygen atoms in total. The van der Waals surface area contributed by atoms with Crippen molar-refractivity contribution < 1.29 is 9.59 Å². The number of hydrogen-bond acceptors (Lipinski definition) is 3. The minimum Gasteiger partial charge on any atom is -0.329 e. The van der Waals surface area contributed by atoms with E-state index in [1.807, 2.05) is 49.1 Å². The third-order valence-corrected chi connectivity index (χ3v) is 5.45. The number of carbonyl (C=O) groups excluding carboxylic acids is 2. The predicted molar refractivity (Wildman–Crippen MR) is 109 cm³/mol. The number of aromatic nitrogens is 1. The lowest BCUT2D eigenvalue weighted by Gasteiger charge is -2.20. The molecule has 6 heteroatoms. The fraction of sp³-hybridized carbons (Fsp3) is 0.409. The van der Waals surface area contributed by atoms with Gasteiger partial charge in [0.05, 0.1) is 11.7 Å². The van der Waals surface area contributed by atoms with Gasteiger partial charge in [-0.15, -0.1) is 0 Å². The second-order valence-corrected chi connectivity index (χ2v) is 7.82. The van der Waals surface area contributed by atoms with Gasteiger partial charge in [-0.2, -0.15) is 0 Å². The Hall–Kier alpha value is -2.89. The first kappa shape index (κ1) is 18.5. The SMILES string of the molecule is Cc1ccnc(C(NC(=O)Nc2ccc(N3CCCC3=O)c(C)c2)C2CC2)c1. The molecule has 2 heterocycles. The highest BCUT2D eigenvalue weighted by molar-refractivity contribution is 5.97. The number of nitrogens with one attached hydrogen (secondary N) is 2. The van der Waals surface area contributed by atoms with Gasteiger partial charge in [0.2, 0.25) is 5.91 Å². The molecule has 1 aliphatic heterocycles. The third-order valence-electron chi connectivity index (χ3n) is 5.45. The molecule has 1 unspecified atom stereocenters. The van der Waals surface area contributed by atoms with Gasteiger partial charge in [-0.05, 0) is 80.5 Å². The van der Waals surface area contributed by atoms with Crippen LogP contribution in [0.2, 0.25) is 0 Å². The molecule has 2 aliphatic rings. The van der Waals surface area contributed by atoms with Gasteiger partial charge >= 0.3 is 6.03 Å². The van der Waals surface area contributed by atoms with Crippen molar-refractivity contribution in [2.45, 2.75) is 45.6 Å². The Kier molecular flexibility index (Phi) is 5.03. The Bertz CT molecular complexity index is 907. The molecule has 2 N–H and O–H groups in total. The summed E-state index contributed by atoms with van der Waals surface area (Å²) in [4.78, 5) is 30.9. The number of rotatable bonds is 5. The minimum atomic E-state index is -0.232. The summed E-state index contributed by atoms with van der Waals surface area (Å²) >= 11 is 0. The Balaban J connectivity index is 1.44. The van der Waals surface area contributed by atoms with Crippen LogP contribution in [-0.2, 0) is 4.79 Å². The highest BCUT2D eigenvalue weighted by Gasteiger charge is 2.34. The molecule has 1 aliphatic carbocycles. The largest absolute Gasteiger partial charge is 0.329 e. The molecule has 1 aromatic heterocycles. The summed E-state index contributed by atoms with van der Waals surface area (Å²) in [6, 6.07) is 9.38. The van der Waals surface area contributed by atoms with E-state index in [0.29, 0.717) is 12.3 Å². The fourth-order valence-corrected chi connectivity index (χ4v) is 3.84. The van der Waals surface area contributed by atoms with Crippen molar-refractivity contribution in [3.05, 3.63) is 53.3 Å². The lowest BCUT2D eigenvalue weighted by atomic mass is 10.1. The van der Waals surface area contributed by atoms with Crippen molar-refractivity contribution in [2.75, 3.05) is 16.8 Å². The van der Waals surface area contributed by atoms with Crippen LogP contribution >= 0.6 is 0 Å². The average Bonchev–Trinajstić information content (AvgIpc) is 3.41. The van der Waals surface area contributed by atoms with Crippen LogP contribution in [-0.4, -0.2) is 23.5 Å². The summed E-state index contributed by atoms with van der Waals surface area (Å²) in [5.41, 5.74) is 4.68. The molecule has 0 radical (unpaired) electrons. The topological polar surface area (TPSA) is 74.3 Å². The predicted octanol–water partition coefficient (Wildman–Crippen LogP) is 4.10. The van der Waals surface area contributed by atoms with Crippen molar-refractivity contribution in [3.63, 3.8) is 0 Å². The van der Waals surface area contributed by atoms with Crippen LogP contribution in [0.4, 0.5) is 16.2 Å². The number of urea groups is 1. The Morgan fingerprint density at radius 3 is 2.68 bits per heavy atom. The second-order valence-electron chi connectivity index (χ2n) is 7.82. The Morgan fingerprint density at radius 1 is 1.21 bits per heavy atom. The summed E-state index contributed by atoms with van der Waals surface area (Å²) in [5.74, 6) is 0.616. The minimum absolute atomic E-state index is 0.0671. The van der Waals surface area contributed by atoms with Crippen LogP contribution in [0.3, 0.4) is 0 Å². The van der Waals surface area contributed by atoms with Crippen molar-refractivity contribution in [3.8, 4) is 0 Å². The summed E-state index contributed by atoms with van der Waals surface area (Å²) in [6.45, 7) is 4.76.